The molecule has 0 bridgehead atoms. The molecule has 6 nitrogen and oxygen atoms in total. The quantitative estimate of drug-likeness (QED) is 0.0345. The highest BCUT2D eigenvalue weighted by Gasteiger charge is 2.19. The summed E-state index contributed by atoms with van der Waals surface area (Å²) in [5.41, 5.74) is 0. The second kappa shape index (κ2) is 45.4. The number of esters is 3. The molecule has 0 radical (unpaired) electrons. The van der Waals surface area contributed by atoms with Gasteiger partial charge in [-0.3, -0.25) is 14.4 Å². The van der Waals surface area contributed by atoms with E-state index in [1.807, 2.05) is 0 Å². The van der Waals surface area contributed by atoms with E-state index in [2.05, 4.69) is 41.5 Å². The van der Waals surface area contributed by atoms with Gasteiger partial charge in [-0.1, -0.05) is 253 Å². The van der Waals surface area contributed by atoms with Crippen LogP contribution in [0.3, 0.4) is 0 Å². The van der Waals surface area contributed by atoms with Crippen molar-refractivity contribution in [2.45, 2.75) is 298 Å². The summed E-state index contributed by atoms with van der Waals surface area (Å²) in [6.07, 6.45) is 45.2. The molecule has 0 rings (SSSR count). The minimum atomic E-state index is -0.763. The zero-order valence-electron chi connectivity index (χ0n) is 41.3. The van der Waals surface area contributed by atoms with Crippen molar-refractivity contribution in [2.24, 2.45) is 17.8 Å². The molecule has 0 aliphatic carbocycles. The number of hydrogen-bond acceptors (Lipinski definition) is 6. The average Bonchev–Trinajstić information content (AvgIpc) is 3.22. The van der Waals surface area contributed by atoms with Crippen LogP contribution in [0, 0.1) is 17.8 Å². The Morgan fingerprint density at radius 1 is 0.333 bits per heavy atom. The Bertz CT molecular complexity index is 931. The lowest BCUT2D eigenvalue weighted by Crippen LogP contribution is -2.30. The number of hydrogen-bond donors (Lipinski definition) is 0. The van der Waals surface area contributed by atoms with Crippen LogP contribution in [0.5, 0.6) is 0 Å². The van der Waals surface area contributed by atoms with Crippen LogP contribution in [0.1, 0.15) is 292 Å². The van der Waals surface area contributed by atoms with Gasteiger partial charge in [-0.05, 0) is 37.0 Å². The molecule has 0 aromatic rings. The molecular weight excluding hydrogens is 745 g/mol. The molecule has 0 N–H and O–H groups in total. The van der Waals surface area contributed by atoms with Gasteiger partial charge < -0.3 is 14.2 Å². The molecule has 0 aromatic heterocycles. The van der Waals surface area contributed by atoms with Gasteiger partial charge in [-0.15, -0.1) is 0 Å². The van der Waals surface area contributed by atoms with Gasteiger partial charge >= 0.3 is 17.9 Å². The molecule has 0 aliphatic heterocycles. The molecule has 0 fully saturated rings. The first-order valence-electron chi connectivity index (χ1n) is 26.6. The van der Waals surface area contributed by atoms with Gasteiger partial charge in [0, 0.05) is 19.3 Å². The standard InChI is InChI=1S/C54H104O6/c1-7-50(6)42-36-30-24-18-14-10-8-9-11-15-19-25-31-37-43-52(55)58-46-51(47-59-53(56)44-38-32-27-21-23-29-35-41-49(4)5)60-54(57)45-39-33-26-20-16-12-13-17-22-28-34-40-48(2)3/h48-51H,7-47H2,1-6H3/t50?,51-/m0/s1. The maximum atomic E-state index is 12.8. The third kappa shape index (κ3) is 45.9. The predicted octanol–water partition coefficient (Wildman–Crippen LogP) is 17.2. The van der Waals surface area contributed by atoms with Gasteiger partial charge in [0.1, 0.15) is 13.2 Å². The summed E-state index contributed by atoms with van der Waals surface area (Å²) in [6, 6.07) is 0. The van der Waals surface area contributed by atoms with Crippen molar-refractivity contribution in [1.82, 2.24) is 0 Å². The van der Waals surface area contributed by atoms with Gasteiger partial charge in [-0.2, -0.15) is 0 Å². The summed E-state index contributed by atoms with van der Waals surface area (Å²) in [7, 11) is 0. The molecule has 0 aliphatic rings. The molecule has 60 heavy (non-hydrogen) atoms. The Kier molecular flexibility index (Phi) is 44.2. The van der Waals surface area contributed by atoms with Crippen LogP contribution in [0.25, 0.3) is 0 Å². The van der Waals surface area contributed by atoms with Gasteiger partial charge in [0.2, 0.25) is 0 Å². The lowest BCUT2D eigenvalue weighted by molar-refractivity contribution is -0.167. The van der Waals surface area contributed by atoms with Crippen LogP contribution in [0.2, 0.25) is 0 Å². The van der Waals surface area contributed by atoms with Gasteiger partial charge in [0.05, 0.1) is 0 Å². The zero-order valence-corrected chi connectivity index (χ0v) is 41.3. The molecule has 0 amide bonds. The fraction of sp³-hybridized carbons (Fsp3) is 0.944. The fourth-order valence-corrected chi connectivity index (χ4v) is 8.08. The van der Waals surface area contributed by atoms with E-state index in [0.29, 0.717) is 19.3 Å². The van der Waals surface area contributed by atoms with Crippen molar-refractivity contribution >= 4 is 17.9 Å². The number of carbonyl (C=O) groups excluding carboxylic acids is 3. The maximum Gasteiger partial charge on any atom is 0.306 e. The first-order chi connectivity index (χ1) is 29.1. The Balaban J connectivity index is 4.27. The van der Waals surface area contributed by atoms with Crippen molar-refractivity contribution in [2.75, 3.05) is 13.2 Å². The number of ether oxygens (including phenoxy) is 3. The summed E-state index contributed by atoms with van der Waals surface area (Å²) in [6.45, 7) is 13.7. The topological polar surface area (TPSA) is 78.9 Å². The van der Waals surface area contributed by atoms with E-state index < -0.39 is 6.10 Å². The molecule has 0 heterocycles. The van der Waals surface area contributed by atoms with E-state index in [0.717, 1.165) is 75.5 Å². The van der Waals surface area contributed by atoms with Crippen LogP contribution in [0.15, 0.2) is 0 Å². The van der Waals surface area contributed by atoms with Gasteiger partial charge in [0.25, 0.3) is 0 Å². The summed E-state index contributed by atoms with van der Waals surface area (Å²) in [5, 5.41) is 0. The minimum absolute atomic E-state index is 0.0649. The van der Waals surface area contributed by atoms with E-state index in [-0.39, 0.29) is 31.1 Å². The SMILES string of the molecule is CCC(C)CCCCCCCCCCCCCCCCC(=O)OC[C@@H](COC(=O)CCCCCCCCCC(C)C)OC(=O)CCCCCCCCCCCCCC(C)C. The zero-order chi connectivity index (χ0) is 44.2. The molecule has 0 spiro atoms. The molecule has 356 valence electrons. The third-order valence-electron chi connectivity index (χ3n) is 12.5. The van der Waals surface area contributed by atoms with Crippen molar-refractivity contribution in [3.63, 3.8) is 0 Å². The lowest BCUT2D eigenvalue weighted by Gasteiger charge is -2.18. The highest BCUT2D eigenvalue weighted by molar-refractivity contribution is 5.71. The van der Waals surface area contributed by atoms with E-state index in [1.54, 1.807) is 0 Å². The summed E-state index contributed by atoms with van der Waals surface area (Å²) in [5.74, 6) is 1.65. The molecule has 2 atom stereocenters. The smallest absolute Gasteiger partial charge is 0.306 e. The van der Waals surface area contributed by atoms with Crippen LogP contribution < -0.4 is 0 Å². The molecule has 6 heteroatoms. The Hall–Kier alpha value is -1.59. The summed E-state index contributed by atoms with van der Waals surface area (Å²) < 4.78 is 16.8. The highest BCUT2D eigenvalue weighted by Crippen LogP contribution is 2.18. The average molecular weight is 849 g/mol. The second-order valence-electron chi connectivity index (χ2n) is 19.7. The predicted molar refractivity (Wildman–Crippen MR) is 256 cm³/mol. The van der Waals surface area contributed by atoms with Crippen molar-refractivity contribution in [3.8, 4) is 0 Å². The molecule has 0 aromatic carbocycles. The molecule has 1 unspecified atom stereocenters. The van der Waals surface area contributed by atoms with Gasteiger partial charge in [0.15, 0.2) is 6.10 Å². The van der Waals surface area contributed by atoms with Gasteiger partial charge in [-0.25, -0.2) is 0 Å². The molecule has 0 saturated carbocycles. The Labute approximate surface area is 374 Å². The van der Waals surface area contributed by atoms with Crippen molar-refractivity contribution < 1.29 is 28.6 Å². The molecular formula is C54H104O6. The molecule has 0 saturated heterocycles. The van der Waals surface area contributed by atoms with Crippen molar-refractivity contribution in [1.29, 1.82) is 0 Å². The van der Waals surface area contributed by atoms with Crippen LogP contribution in [-0.2, 0) is 28.6 Å². The number of rotatable bonds is 47. The van der Waals surface area contributed by atoms with Crippen LogP contribution in [-0.4, -0.2) is 37.2 Å². The maximum absolute atomic E-state index is 12.8. The summed E-state index contributed by atoms with van der Waals surface area (Å²) >= 11 is 0. The monoisotopic (exact) mass is 849 g/mol. The largest absolute Gasteiger partial charge is 0.462 e. The van der Waals surface area contributed by atoms with Crippen molar-refractivity contribution in [3.05, 3.63) is 0 Å². The Morgan fingerprint density at radius 3 is 0.867 bits per heavy atom. The highest BCUT2D eigenvalue weighted by atomic mass is 16.6. The van der Waals surface area contributed by atoms with E-state index in [1.165, 1.54) is 173 Å². The first kappa shape index (κ1) is 58.4. The third-order valence-corrected chi connectivity index (χ3v) is 12.5. The summed E-state index contributed by atoms with van der Waals surface area (Å²) in [4.78, 5) is 37.9. The Morgan fingerprint density at radius 2 is 0.583 bits per heavy atom. The van der Waals surface area contributed by atoms with E-state index >= 15 is 0 Å². The second-order valence-corrected chi connectivity index (χ2v) is 19.7. The van der Waals surface area contributed by atoms with E-state index in [9.17, 15) is 14.4 Å². The van der Waals surface area contributed by atoms with Crippen LogP contribution >= 0.6 is 0 Å². The van der Waals surface area contributed by atoms with E-state index in [4.69, 9.17) is 14.2 Å². The van der Waals surface area contributed by atoms with Crippen LogP contribution in [0.4, 0.5) is 0 Å². The number of unbranched alkanes of at least 4 members (excludes halogenated alkanes) is 29. The lowest BCUT2D eigenvalue weighted by atomic mass is 9.99. The normalized spacial score (nSPS) is 12.6. The first-order valence-corrected chi connectivity index (χ1v) is 26.6. The fourth-order valence-electron chi connectivity index (χ4n) is 8.08. The minimum Gasteiger partial charge on any atom is -0.462 e. The number of carbonyl (C=O) groups is 3.